The topological polar surface area (TPSA) is 105 Å². The van der Waals surface area contributed by atoms with E-state index in [-0.39, 0.29) is 22.2 Å². The Hall–Kier alpha value is -2.01. The minimum atomic E-state index is -3.91. The lowest BCUT2D eigenvalue weighted by Crippen LogP contribution is -2.23. The second-order valence-electron chi connectivity index (χ2n) is 5.58. The highest BCUT2D eigenvalue weighted by Crippen LogP contribution is 2.25. The van der Waals surface area contributed by atoms with E-state index in [2.05, 4.69) is 30.4 Å². The zero-order valence-corrected chi connectivity index (χ0v) is 17.4. The average molecular weight is 470 g/mol. The number of benzene rings is 2. The maximum Gasteiger partial charge on any atom is 0.263 e. The number of nitrogens with one attached hydrogen (secondary N) is 2. The lowest BCUT2D eigenvalue weighted by molar-refractivity contribution is 0.583. The fraction of sp³-hybridized carbons (Fsp3) is 0.118. The second kappa shape index (κ2) is 7.55. The van der Waals surface area contributed by atoms with E-state index in [9.17, 15) is 16.8 Å². The summed E-state index contributed by atoms with van der Waals surface area (Å²) in [7, 11) is -7.55. The van der Waals surface area contributed by atoms with Gasteiger partial charge in [-0.05, 0) is 48.5 Å². The van der Waals surface area contributed by atoms with Crippen molar-refractivity contribution < 1.29 is 16.8 Å². The van der Waals surface area contributed by atoms with Crippen molar-refractivity contribution in [3.05, 3.63) is 59.1 Å². The van der Waals surface area contributed by atoms with Crippen LogP contribution in [0, 0.1) is 0 Å². The van der Waals surface area contributed by atoms with E-state index >= 15 is 0 Å². The molecule has 0 radical (unpaired) electrons. The smallest absolute Gasteiger partial charge is 0.263 e. The number of hydrogen-bond donors (Lipinski definition) is 2. The minimum Gasteiger partial charge on any atom is -0.263 e. The fourth-order valence-electron chi connectivity index (χ4n) is 2.44. The number of pyridine rings is 1. The molecule has 142 valence electrons. The van der Waals surface area contributed by atoms with Gasteiger partial charge >= 0.3 is 0 Å². The van der Waals surface area contributed by atoms with Gasteiger partial charge in [0, 0.05) is 16.4 Å². The predicted octanol–water partition coefficient (Wildman–Crippen LogP) is 3.10. The molecule has 3 rings (SSSR count). The summed E-state index contributed by atoms with van der Waals surface area (Å²) in [5, 5.41) is 0.860. The van der Waals surface area contributed by atoms with Crippen molar-refractivity contribution >= 4 is 52.7 Å². The molecule has 1 heterocycles. The summed E-state index contributed by atoms with van der Waals surface area (Å²) in [6.07, 6.45) is 0. The van der Waals surface area contributed by atoms with Crippen molar-refractivity contribution in [2.45, 2.75) is 16.7 Å². The summed E-state index contributed by atoms with van der Waals surface area (Å²) >= 11 is 3.42. The summed E-state index contributed by atoms with van der Waals surface area (Å²) in [4.78, 5) is 4.24. The molecule has 0 saturated heterocycles. The van der Waals surface area contributed by atoms with Gasteiger partial charge in [-0.15, -0.1) is 0 Å². The number of hydrogen-bond acceptors (Lipinski definition) is 5. The molecular weight excluding hydrogens is 454 g/mol. The summed E-state index contributed by atoms with van der Waals surface area (Å²) in [6, 6.07) is 13.8. The van der Waals surface area contributed by atoms with E-state index in [0.717, 1.165) is 9.86 Å². The van der Waals surface area contributed by atoms with Gasteiger partial charge in [-0.25, -0.2) is 26.5 Å². The zero-order chi connectivity index (χ0) is 19.7. The Morgan fingerprint density at radius 3 is 2.15 bits per heavy atom. The van der Waals surface area contributed by atoms with E-state index in [1.54, 1.807) is 31.2 Å². The lowest BCUT2D eigenvalue weighted by Gasteiger charge is -2.10. The van der Waals surface area contributed by atoms with Crippen LogP contribution in [0.5, 0.6) is 0 Å². The van der Waals surface area contributed by atoms with Crippen LogP contribution in [-0.2, 0) is 20.0 Å². The number of anilines is 1. The van der Waals surface area contributed by atoms with Crippen LogP contribution in [-0.4, -0.2) is 28.4 Å². The molecule has 27 heavy (non-hydrogen) atoms. The zero-order valence-electron chi connectivity index (χ0n) is 14.2. The Balaban J connectivity index is 1.89. The average Bonchev–Trinajstić information content (AvgIpc) is 2.61. The van der Waals surface area contributed by atoms with E-state index < -0.39 is 20.0 Å². The van der Waals surface area contributed by atoms with Gasteiger partial charge in [0.25, 0.3) is 10.0 Å². The van der Waals surface area contributed by atoms with Crippen LogP contribution in [0.2, 0.25) is 0 Å². The van der Waals surface area contributed by atoms with Crippen molar-refractivity contribution in [1.29, 1.82) is 0 Å². The van der Waals surface area contributed by atoms with Gasteiger partial charge in [-0.3, -0.25) is 4.72 Å². The van der Waals surface area contributed by atoms with Gasteiger partial charge < -0.3 is 0 Å². The SMILES string of the molecule is CCNS(=O)(=O)c1ccc(S(=O)(=O)Nc2ccc3c(Br)cccc3n2)cc1. The molecule has 0 aliphatic carbocycles. The van der Waals surface area contributed by atoms with Crippen LogP contribution >= 0.6 is 15.9 Å². The second-order valence-corrected chi connectivity index (χ2v) is 9.88. The maximum absolute atomic E-state index is 12.6. The van der Waals surface area contributed by atoms with Crippen LogP contribution in [0.3, 0.4) is 0 Å². The van der Waals surface area contributed by atoms with Crippen LogP contribution in [0.15, 0.2) is 68.9 Å². The third-order valence-electron chi connectivity index (χ3n) is 3.70. The van der Waals surface area contributed by atoms with Gasteiger partial charge in [0.1, 0.15) is 5.82 Å². The Bertz CT molecular complexity index is 1190. The summed E-state index contributed by atoms with van der Waals surface area (Å²) in [5.41, 5.74) is 0.636. The quantitative estimate of drug-likeness (QED) is 0.576. The monoisotopic (exact) mass is 469 g/mol. The molecule has 0 unspecified atom stereocenters. The van der Waals surface area contributed by atoms with Crippen molar-refractivity contribution in [1.82, 2.24) is 9.71 Å². The molecule has 0 spiro atoms. The molecule has 0 aliphatic rings. The highest BCUT2D eigenvalue weighted by molar-refractivity contribution is 9.10. The van der Waals surface area contributed by atoms with Gasteiger partial charge in [0.2, 0.25) is 10.0 Å². The number of halogens is 1. The summed E-state index contributed by atoms with van der Waals surface area (Å²) < 4.78 is 54.6. The normalized spacial score (nSPS) is 12.2. The third-order valence-corrected chi connectivity index (χ3v) is 7.32. The van der Waals surface area contributed by atoms with Gasteiger partial charge in [0.05, 0.1) is 15.3 Å². The Kier molecular flexibility index (Phi) is 5.52. The van der Waals surface area contributed by atoms with Crippen LogP contribution in [0.4, 0.5) is 5.82 Å². The first-order valence-electron chi connectivity index (χ1n) is 7.91. The molecule has 3 aromatic rings. The molecule has 0 amide bonds. The van der Waals surface area contributed by atoms with Crippen LogP contribution in [0.25, 0.3) is 10.9 Å². The first-order chi connectivity index (χ1) is 12.7. The Labute approximate surface area is 166 Å². The standard InChI is InChI=1S/C17H16BrN3O4S2/c1-2-19-26(22,23)12-6-8-13(9-7-12)27(24,25)21-17-11-10-14-15(18)4-3-5-16(14)20-17/h3-11,19H,2H2,1H3,(H,20,21). The van der Waals surface area contributed by atoms with E-state index in [4.69, 9.17) is 0 Å². The van der Waals surface area contributed by atoms with Gasteiger partial charge in [0.15, 0.2) is 0 Å². The molecule has 7 nitrogen and oxygen atoms in total. The lowest BCUT2D eigenvalue weighted by atomic mass is 10.2. The van der Waals surface area contributed by atoms with E-state index in [1.165, 1.54) is 24.3 Å². The van der Waals surface area contributed by atoms with Gasteiger partial charge in [-0.2, -0.15) is 0 Å². The molecule has 2 N–H and O–H groups in total. The molecule has 2 aromatic carbocycles. The molecule has 0 fully saturated rings. The summed E-state index contributed by atoms with van der Waals surface area (Å²) in [5.74, 6) is 0.171. The predicted molar refractivity (Wildman–Crippen MR) is 108 cm³/mol. The van der Waals surface area contributed by atoms with Gasteiger partial charge in [-0.1, -0.05) is 28.9 Å². The number of nitrogens with zero attached hydrogens (tertiary/aromatic N) is 1. The number of sulfonamides is 2. The molecule has 0 bridgehead atoms. The fourth-order valence-corrected chi connectivity index (χ4v) is 4.97. The highest BCUT2D eigenvalue weighted by atomic mass is 79.9. The minimum absolute atomic E-state index is 0.00280. The Morgan fingerprint density at radius 1 is 0.889 bits per heavy atom. The Morgan fingerprint density at radius 2 is 1.52 bits per heavy atom. The molecule has 0 aliphatic heterocycles. The number of fused-ring (bicyclic) bond motifs is 1. The third kappa shape index (κ3) is 4.29. The van der Waals surface area contributed by atoms with Crippen LogP contribution in [0.1, 0.15) is 6.92 Å². The molecule has 0 saturated carbocycles. The largest absolute Gasteiger partial charge is 0.263 e. The highest BCUT2D eigenvalue weighted by Gasteiger charge is 2.18. The van der Waals surface area contributed by atoms with E-state index in [0.29, 0.717) is 5.52 Å². The van der Waals surface area contributed by atoms with Crippen molar-refractivity contribution in [3.63, 3.8) is 0 Å². The first-order valence-corrected chi connectivity index (χ1v) is 11.7. The molecule has 1 aromatic heterocycles. The molecular formula is C17H16BrN3O4S2. The maximum atomic E-state index is 12.6. The number of aromatic nitrogens is 1. The summed E-state index contributed by atoms with van der Waals surface area (Å²) in [6.45, 7) is 1.91. The van der Waals surface area contributed by atoms with Crippen LogP contribution < -0.4 is 9.44 Å². The number of rotatable bonds is 6. The van der Waals surface area contributed by atoms with Crippen molar-refractivity contribution in [2.75, 3.05) is 11.3 Å². The van der Waals surface area contributed by atoms with Crippen molar-refractivity contribution in [2.24, 2.45) is 0 Å². The first kappa shape index (κ1) is 19.7. The van der Waals surface area contributed by atoms with Crippen molar-refractivity contribution in [3.8, 4) is 0 Å². The molecule has 10 heteroatoms. The van der Waals surface area contributed by atoms with E-state index in [1.807, 2.05) is 6.07 Å². The molecule has 0 atom stereocenters.